The number of carboxylic acid groups (broad SMARTS) is 1. The Hall–Kier alpha value is -2.31. The van der Waals surface area contributed by atoms with Gasteiger partial charge in [-0.1, -0.05) is 11.6 Å². The molecule has 1 aromatic carbocycles. The number of carboxylic acids is 1. The van der Waals surface area contributed by atoms with Gasteiger partial charge in [0.2, 0.25) is 5.91 Å². The maximum absolute atomic E-state index is 13.2. The number of piperidine rings is 1. The van der Waals surface area contributed by atoms with Crippen LogP contribution in [0.25, 0.3) is 5.69 Å². The van der Waals surface area contributed by atoms with E-state index in [-0.39, 0.29) is 18.4 Å². The number of ether oxygens (including phenoxy) is 1. The summed E-state index contributed by atoms with van der Waals surface area (Å²) < 4.78 is 8.41. The van der Waals surface area contributed by atoms with Crippen LogP contribution in [0.1, 0.15) is 30.5 Å². The molecule has 0 radical (unpaired) electrons. The minimum absolute atomic E-state index is 0.00249. The molecule has 3 atom stereocenters. The van der Waals surface area contributed by atoms with Gasteiger partial charge in [0.05, 0.1) is 29.8 Å². The van der Waals surface area contributed by atoms with Gasteiger partial charge in [-0.3, -0.25) is 9.59 Å². The first-order valence-electron chi connectivity index (χ1n) is 9.62. The van der Waals surface area contributed by atoms with Crippen molar-refractivity contribution in [2.45, 2.75) is 31.5 Å². The standard InChI is InChI=1S/C21H21ClN2O4/c22-15-5-6-17-14(9-15)12-28-21(18-4-2-8-24(17)18)10-16(21)19(25)23-7-1-3-13(11-23)20(26)27/h2,4-6,8-9,13,16H,1,3,7,10-12H2,(H,26,27)/t13-,16?,21?/m0/s1. The Kier molecular flexibility index (Phi) is 4.03. The highest BCUT2D eigenvalue weighted by atomic mass is 35.5. The highest BCUT2D eigenvalue weighted by Crippen LogP contribution is 2.58. The molecule has 146 valence electrons. The highest BCUT2D eigenvalue weighted by Gasteiger charge is 2.64. The molecule has 28 heavy (non-hydrogen) atoms. The normalized spacial score (nSPS) is 28.4. The van der Waals surface area contributed by atoms with Crippen molar-refractivity contribution in [1.82, 2.24) is 9.47 Å². The van der Waals surface area contributed by atoms with E-state index >= 15 is 0 Å². The minimum Gasteiger partial charge on any atom is -0.481 e. The van der Waals surface area contributed by atoms with Gasteiger partial charge in [-0.2, -0.15) is 0 Å². The number of rotatable bonds is 2. The number of amides is 1. The summed E-state index contributed by atoms with van der Waals surface area (Å²) in [7, 11) is 0. The summed E-state index contributed by atoms with van der Waals surface area (Å²) in [5.41, 5.74) is 2.33. The largest absolute Gasteiger partial charge is 0.481 e. The molecule has 5 rings (SSSR count). The Labute approximate surface area is 167 Å². The van der Waals surface area contributed by atoms with E-state index in [2.05, 4.69) is 4.57 Å². The molecule has 3 aliphatic rings. The number of likely N-dealkylation sites (tertiary alicyclic amines) is 1. The van der Waals surface area contributed by atoms with Crippen molar-refractivity contribution in [3.8, 4) is 5.69 Å². The summed E-state index contributed by atoms with van der Waals surface area (Å²) >= 11 is 6.16. The van der Waals surface area contributed by atoms with Crippen LogP contribution in [0.5, 0.6) is 0 Å². The van der Waals surface area contributed by atoms with E-state index in [4.69, 9.17) is 16.3 Å². The zero-order valence-electron chi connectivity index (χ0n) is 15.3. The van der Waals surface area contributed by atoms with Crippen molar-refractivity contribution in [2.24, 2.45) is 11.8 Å². The molecule has 6 nitrogen and oxygen atoms in total. The lowest BCUT2D eigenvalue weighted by Gasteiger charge is -2.31. The van der Waals surface area contributed by atoms with Crippen LogP contribution in [0.15, 0.2) is 36.5 Å². The molecule has 1 amide bonds. The lowest BCUT2D eigenvalue weighted by atomic mass is 9.97. The van der Waals surface area contributed by atoms with Crippen LogP contribution in [0.3, 0.4) is 0 Å². The molecule has 2 aliphatic heterocycles. The van der Waals surface area contributed by atoms with Crippen LogP contribution in [-0.2, 0) is 26.5 Å². The third kappa shape index (κ3) is 2.66. The van der Waals surface area contributed by atoms with Crippen LogP contribution in [0.4, 0.5) is 0 Å². The molecule has 0 bridgehead atoms. The molecule has 7 heteroatoms. The molecule has 1 N–H and O–H groups in total. The summed E-state index contributed by atoms with van der Waals surface area (Å²) in [6.07, 6.45) is 3.96. The molecular weight excluding hydrogens is 380 g/mol. The highest BCUT2D eigenvalue weighted by molar-refractivity contribution is 6.30. The van der Waals surface area contributed by atoms with Gasteiger partial charge >= 0.3 is 5.97 Å². The summed E-state index contributed by atoms with van der Waals surface area (Å²) in [5.74, 6) is -1.58. The van der Waals surface area contributed by atoms with Crippen LogP contribution in [0.2, 0.25) is 5.02 Å². The Morgan fingerprint density at radius 2 is 2.14 bits per heavy atom. The van der Waals surface area contributed by atoms with Crippen LogP contribution >= 0.6 is 11.6 Å². The zero-order chi connectivity index (χ0) is 19.5. The second-order valence-corrected chi connectivity index (χ2v) is 8.37. The van der Waals surface area contributed by atoms with E-state index < -0.39 is 17.5 Å². The van der Waals surface area contributed by atoms with Gasteiger partial charge in [0.25, 0.3) is 0 Å². The molecule has 1 saturated heterocycles. The maximum Gasteiger partial charge on any atom is 0.308 e. The number of carbonyl (C=O) groups is 2. The zero-order valence-corrected chi connectivity index (χ0v) is 16.1. The SMILES string of the molecule is O=C(O)[C@H]1CCCN(C(=O)C2CC23OCc2cc(Cl)ccc2-n2cccc23)C1. The van der Waals surface area contributed by atoms with Gasteiger partial charge in [0.1, 0.15) is 5.60 Å². The van der Waals surface area contributed by atoms with Gasteiger partial charge in [-0.05, 0) is 49.6 Å². The van der Waals surface area contributed by atoms with Gasteiger partial charge in [0.15, 0.2) is 0 Å². The molecule has 1 spiro atoms. The van der Waals surface area contributed by atoms with E-state index in [0.717, 1.165) is 23.4 Å². The number of halogens is 1. The quantitative estimate of drug-likeness (QED) is 0.840. The molecule has 2 aromatic rings. The molecule has 1 saturated carbocycles. The number of carbonyl (C=O) groups excluding carboxylic acids is 1. The number of hydrogen-bond acceptors (Lipinski definition) is 3. The molecule has 1 aliphatic carbocycles. The predicted molar refractivity (Wildman–Crippen MR) is 102 cm³/mol. The van der Waals surface area contributed by atoms with Crippen molar-refractivity contribution in [3.63, 3.8) is 0 Å². The lowest BCUT2D eigenvalue weighted by Crippen LogP contribution is -2.44. The van der Waals surface area contributed by atoms with Crippen LogP contribution < -0.4 is 0 Å². The average Bonchev–Trinajstić information content (AvgIpc) is 3.26. The summed E-state index contributed by atoms with van der Waals surface area (Å²) in [6, 6.07) is 9.71. The van der Waals surface area contributed by atoms with Gasteiger partial charge in [-0.15, -0.1) is 0 Å². The van der Waals surface area contributed by atoms with E-state index in [1.165, 1.54) is 0 Å². The first-order chi connectivity index (χ1) is 13.5. The fourth-order valence-corrected chi connectivity index (χ4v) is 4.89. The topological polar surface area (TPSA) is 71.8 Å². The molecule has 3 heterocycles. The number of benzene rings is 1. The second-order valence-electron chi connectivity index (χ2n) is 7.93. The average molecular weight is 401 g/mol. The van der Waals surface area contributed by atoms with Gasteiger partial charge in [0, 0.05) is 29.9 Å². The summed E-state index contributed by atoms with van der Waals surface area (Å²) in [6.45, 7) is 1.29. The fourth-order valence-electron chi connectivity index (χ4n) is 4.69. The van der Waals surface area contributed by atoms with E-state index in [1.54, 1.807) is 4.90 Å². The first-order valence-corrected chi connectivity index (χ1v) is 9.99. The fraction of sp³-hybridized carbons (Fsp3) is 0.429. The van der Waals surface area contributed by atoms with E-state index in [1.807, 2.05) is 36.5 Å². The second kappa shape index (κ2) is 6.36. The summed E-state index contributed by atoms with van der Waals surface area (Å²) in [4.78, 5) is 26.3. The number of fused-ring (bicyclic) bond motifs is 4. The monoisotopic (exact) mass is 400 g/mol. The third-order valence-electron chi connectivity index (χ3n) is 6.26. The number of aromatic nitrogens is 1. The number of nitrogens with zero attached hydrogens (tertiary/aromatic N) is 2. The van der Waals surface area contributed by atoms with E-state index in [9.17, 15) is 14.7 Å². The van der Waals surface area contributed by atoms with Gasteiger partial charge < -0.3 is 19.3 Å². The smallest absolute Gasteiger partial charge is 0.308 e. The maximum atomic E-state index is 13.2. The van der Waals surface area contributed by atoms with Crippen molar-refractivity contribution in [1.29, 1.82) is 0 Å². The number of hydrogen-bond donors (Lipinski definition) is 1. The van der Waals surface area contributed by atoms with Crippen LogP contribution in [-0.4, -0.2) is 39.5 Å². The number of aliphatic carboxylic acids is 1. The third-order valence-corrected chi connectivity index (χ3v) is 6.49. The first kappa shape index (κ1) is 17.8. The van der Waals surface area contributed by atoms with Crippen molar-refractivity contribution < 1.29 is 19.4 Å². The Bertz CT molecular complexity index is 971. The molecule has 1 aromatic heterocycles. The Morgan fingerprint density at radius 3 is 2.96 bits per heavy atom. The van der Waals surface area contributed by atoms with E-state index in [0.29, 0.717) is 31.0 Å². The van der Waals surface area contributed by atoms with Crippen molar-refractivity contribution in [2.75, 3.05) is 13.1 Å². The molecular formula is C21H21ClN2O4. The van der Waals surface area contributed by atoms with Crippen molar-refractivity contribution >= 4 is 23.5 Å². The van der Waals surface area contributed by atoms with Crippen molar-refractivity contribution in [3.05, 3.63) is 52.8 Å². The molecule has 2 unspecified atom stereocenters. The summed E-state index contributed by atoms with van der Waals surface area (Å²) in [5, 5.41) is 9.98. The van der Waals surface area contributed by atoms with Gasteiger partial charge in [-0.25, -0.2) is 0 Å². The Balaban J connectivity index is 1.44. The minimum atomic E-state index is -0.824. The Morgan fingerprint density at radius 1 is 1.29 bits per heavy atom. The molecule has 2 fully saturated rings. The van der Waals surface area contributed by atoms with Crippen LogP contribution in [0, 0.1) is 11.8 Å². The predicted octanol–water partition coefficient (Wildman–Crippen LogP) is 3.20. The lowest BCUT2D eigenvalue weighted by molar-refractivity contribution is -0.146.